The maximum atomic E-state index is 13.2. The van der Waals surface area contributed by atoms with E-state index in [0.29, 0.717) is 22.0 Å². The van der Waals surface area contributed by atoms with Gasteiger partial charge in [0.2, 0.25) is 0 Å². The highest BCUT2D eigenvalue weighted by molar-refractivity contribution is 6.33. The first-order valence-electron chi connectivity index (χ1n) is 9.39. The van der Waals surface area contributed by atoms with E-state index in [4.69, 9.17) is 11.6 Å². The SMILES string of the molecule is CC1=NN(c2ccc(Cl)cc2)C(=O)C1=Cc1c2ccccc2cc2ccccc12. The predicted molar refractivity (Wildman–Crippen MR) is 121 cm³/mol. The van der Waals surface area contributed by atoms with Crippen LogP contribution in [0.15, 0.2) is 89.5 Å². The van der Waals surface area contributed by atoms with E-state index in [1.54, 1.807) is 24.3 Å². The standard InChI is InChI=1S/C25H17ClN2O/c1-16-23(25(29)28(27-16)20-12-10-19(26)11-13-20)15-24-21-8-4-2-6-17(21)14-18-7-3-5-9-22(18)24/h2-15H,1H3. The topological polar surface area (TPSA) is 32.7 Å². The molecule has 0 atom stereocenters. The summed E-state index contributed by atoms with van der Waals surface area (Å²) < 4.78 is 0. The summed E-state index contributed by atoms with van der Waals surface area (Å²) in [5.41, 5.74) is 3.03. The summed E-state index contributed by atoms with van der Waals surface area (Å²) in [6.07, 6.45) is 1.97. The molecule has 0 aliphatic carbocycles. The van der Waals surface area contributed by atoms with E-state index in [2.05, 4.69) is 35.4 Å². The van der Waals surface area contributed by atoms with E-state index in [-0.39, 0.29) is 5.91 Å². The summed E-state index contributed by atoms with van der Waals surface area (Å²) in [7, 11) is 0. The van der Waals surface area contributed by atoms with Gasteiger partial charge in [-0.25, -0.2) is 0 Å². The van der Waals surface area contributed by atoms with Crippen LogP contribution in [0.4, 0.5) is 5.69 Å². The molecule has 140 valence electrons. The van der Waals surface area contributed by atoms with E-state index in [9.17, 15) is 4.79 Å². The number of nitrogens with zero attached hydrogens (tertiary/aromatic N) is 2. The second-order valence-corrected chi connectivity index (χ2v) is 7.51. The molecule has 1 aliphatic heterocycles. The van der Waals surface area contributed by atoms with Crippen LogP contribution in [0, 0.1) is 0 Å². The van der Waals surface area contributed by atoms with Crippen LogP contribution < -0.4 is 5.01 Å². The molecule has 0 saturated heterocycles. The number of hydrogen-bond donors (Lipinski definition) is 0. The second-order valence-electron chi connectivity index (χ2n) is 7.07. The number of carbonyl (C=O) groups excluding carboxylic acids is 1. The first-order valence-corrected chi connectivity index (χ1v) is 9.77. The highest BCUT2D eigenvalue weighted by Crippen LogP contribution is 2.32. The largest absolute Gasteiger partial charge is 0.280 e. The van der Waals surface area contributed by atoms with Crippen molar-refractivity contribution < 1.29 is 4.79 Å². The lowest BCUT2D eigenvalue weighted by Crippen LogP contribution is -2.21. The molecule has 0 bridgehead atoms. The molecule has 1 aliphatic rings. The molecule has 3 nitrogen and oxygen atoms in total. The summed E-state index contributed by atoms with van der Waals surface area (Å²) in [6.45, 7) is 1.87. The van der Waals surface area contributed by atoms with Crippen LogP contribution in [0.25, 0.3) is 27.6 Å². The normalized spacial score (nSPS) is 15.5. The Morgan fingerprint density at radius 3 is 2.07 bits per heavy atom. The zero-order chi connectivity index (χ0) is 20.0. The highest BCUT2D eigenvalue weighted by atomic mass is 35.5. The molecule has 29 heavy (non-hydrogen) atoms. The van der Waals surface area contributed by atoms with Gasteiger partial charge in [0.05, 0.1) is 17.0 Å². The summed E-state index contributed by atoms with van der Waals surface area (Å²) in [6, 6.07) is 25.8. The van der Waals surface area contributed by atoms with Crippen molar-refractivity contribution in [2.75, 3.05) is 5.01 Å². The molecule has 5 rings (SSSR count). The highest BCUT2D eigenvalue weighted by Gasteiger charge is 2.29. The minimum atomic E-state index is -0.137. The first kappa shape index (κ1) is 17.7. The third kappa shape index (κ3) is 3.00. The monoisotopic (exact) mass is 396 g/mol. The van der Waals surface area contributed by atoms with Gasteiger partial charge in [-0.3, -0.25) is 4.79 Å². The van der Waals surface area contributed by atoms with Crippen molar-refractivity contribution in [2.45, 2.75) is 6.92 Å². The maximum Gasteiger partial charge on any atom is 0.280 e. The molecule has 0 unspecified atom stereocenters. The van der Waals surface area contributed by atoms with Crippen molar-refractivity contribution in [1.82, 2.24) is 0 Å². The van der Waals surface area contributed by atoms with Gasteiger partial charge in [-0.15, -0.1) is 0 Å². The van der Waals surface area contributed by atoms with E-state index in [0.717, 1.165) is 27.1 Å². The Bertz CT molecular complexity index is 1280. The van der Waals surface area contributed by atoms with Gasteiger partial charge >= 0.3 is 0 Å². The molecular formula is C25H17ClN2O. The number of amides is 1. The molecule has 4 aromatic carbocycles. The molecule has 0 spiro atoms. The molecule has 0 radical (unpaired) electrons. The van der Waals surface area contributed by atoms with E-state index in [1.165, 1.54) is 5.01 Å². The number of benzene rings is 4. The Morgan fingerprint density at radius 2 is 1.45 bits per heavy atom. The summed E-state index contributed by atoms with van der Waals surface area (Å²) >= 11 is 5.98. The Hall–Kier alpha value is -3.43. The molecule has 4 aromatic rings. The summed E-state index contributed by atoms with van der Waals surface area (Å²) in [4.78, 5) is 13.2. The number of anilines is 1. The molecule has 1 amide bonds. The lowest BCUT2D eigenvalue weighted by molar-refractivity contribution is -0.114. The molecule has 0 fully saturated rings. The number of hydrazone groups is 1. The predicted octanol–water partition coefficient (Wildman–Crippen LogP) is 6.45. The van der Waals surface area contributed by atoms with Crippen LogP contribution in [0.3, 0.4) is 0 Å². The van der Waals surface area contributed by atoms with Gasteiger partial charge < -0.3 is 0 Å². The van der Waals surface area contributed by atoms with Gasteiger partial charge in [-0.05, 0) is 70.4 Å². The average Bonchev–Trinajstić information content (AvgIpc) is 3.02. The third-order valence-corrected chi connectivity index (χ3v) is 5.49. The average molecular weight is 397 g/mol. The van der Waals surface area contributed by atoms with E-state index in [1.807, 2.05) is 37.3 Å². The number of carbonyl (C=O) groups is 1. The zero-order valence-electron chi connectivity index (χ0n) is 15.8. The van der Waals surface area contributed by atoms with Crippen LogP contribution in [-0.2, 0) is 4.79 Å². The molecular weight excluding hydrogens is 380 g/mol. The Kier molecular flexibility index (Phi) is 4.18. The molecule has 1 heterocycles. The minimum Gasteiger partial charge on any atom is -0.267 e. The molecule has 0 N–H and O–H groups in total. The van der Waals surface area contributed by atoms with Gasteiger partial charge in [0.1, 0.15) is 0 Å². The van der Waals surface area contributed by atoms with Crippen LogP contribution in [0.5, 0.6) is 0 Å². The fraction of sp³-hybridized carbons (Fsp3) is 0.0400. The van der Waals surface area contributed by atoms with Gasteiger partial charge in [-0.2, -0.15) is 10.1 Å². The van der Waals surface area contributed by atoms with Crippen molar-refractivity contribution in [3.8, 4) is 0 Å². The van der Waals surface area contributed by atoms with Gasteiger partial charge in [0.15, 0.2) is 0 Å². The van der Waals surface area contributed by atoms with Crippen molar-refractivity contribution in [3.63, 3.8) is 0 Å². The number of rotatable bonds is 2. The van der Waals surface area contributed by atoms with Crippen LogP contribution in [0.2, 0.25) is 5.02 Å². The van der Waals surface area contributed by atoms with Crippen molar-refractivity contribution in [2.24, 2.45) is 5.10 Å². The van der Waals surface area contributed by atoms with Crippen molar-refractivity contribution in [3.05, 3.63) is 95.0 Å². The van der Waals surface area contributed by atoms with Crippen LogP contribution in [0.1, 0.15) is 12.5 Å². The molecule has 0 aromatic heterocycles. The van der Waals surface area contributed by atoms with Crippen LogP contribution in [-0.4, -0.2) is 11.6 Å². The fourth-order valence-electron chi connectivity index (χ4n) is 3.79. The number of fused-ring (bicyclic) bond motifs is 2. The molecule has 4 heteroatoms. The van der Waals surface area contributed by atoms with Crippen molar-refractivity contribution >= 4 is 56.5 Å². The van der Waals surface area contributed by atoms with Gasteiger partial charge in [-0.1, -0.05) is 60.1 Å². The maximum absolute atomic E-state index is 13.2. The van der Waals surface area contributed by atoms with Crippen LogP contribution >= 0.6 is 11.6 Å². The lowest BCUT2D eigenvalue weighted by atomic mass is 9.94. The third-order valence-electron chi connectivity index (χ3n) is 5.24. The summed E-state index contributed by atoms with van der Waals surface area (Å²) in [5.74, 6) is -0.137. The smallest absolute Gasteiger partial charge is 0.267 e. The van der Waals surface area contributed by atoms with E-state index >= 15 is 0 Å². The minimum absolute atomic E-state index is 0.137. The first-order chi connectivity index (χ1) is 14.1. The number of hydrogen-bond acceptors (Lipinski definition) is 2. The van der Waals surface area contributed by atoms with Crippen molar-refractivity contribution in [1.29, 1.82) is 0 Å². The zero-order valence-corrected chi connectivity index (χ0v) is 16.5. The number of halogens is 1. The summed E-state index contributed by atoms with van der Waals surface area (Å²) in [5, 5.41) is 11.1. The lowest BCUT2D eigenvalue weighted by Gasteiger charge is -2.12. The van der Waals surface area contributed by atoms with Gasteiger partial charge in [0, 0.05) is 5.02 Å². The second kappa shape index (κ2) is 6.87. The Morgan fingerprint density at radius 1 is 0.862 bits per heavy atom. The quantitative estimate of drug-likeness (QED) is 0.283. The molecule has 0 saturated carbocycles. The fourth-order valence-corrected chi connectivity index (χ4v) is 3.92. The Balaban J connectivity index is 1.69. The Labute approximate surface area is 173 Å². The van der Waals surface area contributed by atoms with Gasteiger partial charge in [0.25, 0.3) is 5.91 Å². The van der Waals surface area contributed by atoms with E-state index < -0.39 is 0 Å².